The first kappa shape index (κ1) is 34.2. The van der Waals surface area contributed by atoms with E-state index in [9.17, 15) is 0 Å². The van der Waals surface area contributed by atoms with Gasteiger partial charge >= 0.3 is 41.3 Å². The summed E-state index contributed by atoms with van der Waals surface area (Å²) in [5, 5.41) is 0. The van der Waals surface area contributed by atoms with Crippen molar-refractivity contribution in [2.45, 2.75) is 41.5 Å². The van der Waals surface area contributed by atoms with E-state index in [1.807, 2.05) is 56.2 Å². The zero-order chi connectivity index (χ0) is 19.7. The maximum absolute atomic E-state index is 4.76. The molecule has 0 heterocycles. The van der Waals surface area contributed by atoms with Crippen LogP contribution in [0.2, 0.25) is 0 Å². The van der Waals surface area contributed by atoms with Gasteiger partial charge in [0.15, 0.2) is 0 Å². The van der Waals surface area contributed by atoms with Crippen molar-refractivity contribution in [1.82, 2.24) is 14.7 Å². The fourth-order valence-electron chi connectivity index (χ4n) is 1.45. The fourth-order valence-corrected chi connectivity index (χ4v) is 2.99. The Labute approximate surface area is 221 Å². The van der Waals surface area contributed by atoms with Gasteiger partial charge in [-0.3, -0.25) is 0 Å². The standard InChI is InChI=1S/3C5H11NS2.Pr/c3*1-3-6(4-2)5(7)8;/h3*3-4H2,1-2H3,(H,7,8);/q;;;+3/p-3. The molecule has 0 aromatic heterocycles. The van der Waals surface area contributed by atoms with Crippen LogP contribution in [0.5, 0.6) is 0 Å². The van der Waals surface area contributed by atoms with E-state index in [2.05, 4.69) is 0 Å². The Kier molecular flexibility index (Phi) is 32.5. The molecule has 0 aliphatic rings. The smallest absolute Gasteiger partial charge is 0.411 e. The van der Waals surface area contributed by atoms with Crippen molar-refractivity contribution in [2.24, 2.45) is 0 Å². The van der Waals surface area contributed by atoms with Crippen LogP contribution in [0.15, 0.2) is 0 Å². The van der Waals surface area contributed by atoms with Crippen LogP contribution in [-0.2, 0) is 37.9 Å². The van der Waals surface area contributed by atoms with E-state index < -0.39 is 0 Å². The molecular formula is C15H30N3PrS6. The molecule has 0 radical (unpaired) electrons. The van der Waals surface area contributed by atoms with Crippen LogP contribution >= 0.6 is 36.7 Å². The average Bonchev–Trinajstić information content (AvgIpc) is 2.51. The first-order chi connectivity index (χ1) is 11.2. The van der Waals surface area contributed by atoms with Gasteiger partial charge in [-0.1, -0.05) is 13.0 Å². The van der Waals surface area contributed by atoms with Crippen molar-refractivity contribution < 1.29 is 41.3 Å². The van der Waals surface area contributed by atoms with E-state index in [0.29, 0.717) is 13.0 Å². The molecule has 144 valence electrons. The summed E-state index contributed by atoms with van der Waals surface area (Å²) >= 11 is 28.5. The Morgan fingerprint density at radius 1 is 0.520 bits per heavy atom. The Balaban J connectivity index is -0.000000130. The number of hydrogen-bond acceptors (Lipinski definition) is 6. The molecule has 0 rings (SSSR count). The van der Waals surface area contributed by atoms with Crippen LogP contribution in [0.4, 0.5) is 0 Å². The van der Waals surface area contributed by atoms with E-state index in [-0.39, 0.29) is 41.3 Å². The molecule has 0 aliphatic heterocycles. The zero-order valence-electron chi connectivity index (χ0n) is 16.1. The van der Waals surface area contributed by atoms with Crippen LogP contribution in [0.1, 0.15) is 41.5 Å². The summed E-state index contributed by atoms with van der Waals surface area (Å²) in [6.07, 6.45) is 0. The summed E-state index contributed by atoms with van der Waals surface area (Å²) in [7, 11) is 0. The minimum absolute atomic E-state index is 0. The molecule has 3 nitrogen and oxygen atoms in total. The van der Waals surface area contributed by atoms with Crippen LogP contribution in [-0.4, -0.2) is 66.9 Å². The van der Waals surface area contributed by atoms with Crippen molar-refractivity contribution in [1.29, 1.82) is 0 Å². The predicted molar refractivity (Wildman–Crippen MR) is 129 cm³/mol. The van der Waals surface area contributed by atoms with E-state index in [0.717, 1.165) is 39.3 Å². The summed E-state index contributed by atoms with van der Waals surface area (Å²) < 4.78 is 1.74. The van der Waals surface area contributed by atoms with E-state index in [1.54, 1.807) is 0 Å². The van der Waals surface area contributed by atoms with Crippen molar-refractivity contribution >= 4 is 87.5 Å². The topological polar surface area (TPSA) is 9.72 Å². The summed E-state index contributed by atoms with van der Waals surface area (Å²) in [5.74, 6) is 0. The molecule has 0 aromatic rings. The maximum Gasteiger partial charge on any atom is 3.00 e. The third kappa shape index (κ3) is 21.8. The second kappa shape index (κ2) is 23.7. The molecule has 0 fully saturated rings. The van der Waals surface area contributed by atoms with Gasteiger partial charge < -0.3 is 89.2 Å². The molecular weight excluding hydrogens is 555 g/mol. The summed E-state index contributed by atoms with van der Waals surface area (Å²) in [6, 6.07) is 0. The maximum atomic E-state index is 4.76. The molecule has 0 unspecified atom stereocenters. The minimum atomic E-state index is 0. The van der Waals surface area contributed by atoms with Gasteiger partial charge in [0.25, 0.3) is 0 Å². The second-order valence-corrected chi connectivity index (χ2v) is 7.41. The molecule has 0 saturated carbocycles. The molecule has 0 aromatic carbocycles. The van der Waals surface area contributed by atoms with Crippen LogP contribution in [0, 0.1) is 41.3 Å². The average molecular weight is 586 g/mol. The van der Waals surface area contributed by atoms with E-state index >= 15 is 0 Å². The molecule has 0 N–H and O–H groups in total. The van der Waals surface area contributed by atoms with Crippen LogP contribution < -0.4 is 0 Å². The monoisotopic (exact) mass is 585 g/mol. The Morgan fingerprint density at radius 2 is 0.640 bits per heavy atom. The van der Waals surface area contributed by atoms with Gasteiger partial charge in [0.05, 0.1) is 0 Å². The molecule has 10 heteroatoms. The van der Waals surface area contributed by atoms with Gasteiger partial charge in [0.1, 0.15) is 0 Å². The quantitative estimate of drug-likeness (QED) is 0.340. The molecule has 25 heavy (non-hydrogen) atoms. The van der Waals surface area contributed by atoms with Crippen molar-refractivity contribution in [3.8, 4) is 0 Å². The SMILES string of the molecule is CCN(CC)C(=S)[S-].CCN(CC)C(=S)[S-].CCN(CC)C(=S)[S-].[Pr+3]. The molecule has 0 bridgehead atoms. The van der Waals surface area contributed by atoms with Crippen molar-refractivity contribution in [3.05, 3.63) is 0 Å². The zero-order valence-corrected chi connectivity index (χ0v) is 24.7. The summed E-state index contributed by atoms with van der Waals surface area (Å²) in [5.41, 5.74) is 0. The third-order valence-corrected chi connectivity index (χ3v) is 4.61. The third-order valence-electron chi connectivity index (χ3n) is 3.06. The molecule has 0 atom stereocenters. The van der Waals surface area contributed by atoms with Crippen LogP contribution in [0.3, 0.4) is 0 Å². The Bertz CT molecular complexity index is 294. The van der Waals surface area contributed by atoms with E-state index in [1.165, 1.54) is 0 Å². The summed E-state index contributed by atoms with van der Waals surface area (Å²) in [4.78, 5) is 5.89. The van der Waals surface area contributed by atoms with Crippen LogP contribution in [0.25, 0.3) is 0 Å². The first-order valence-electron chi connectivity index (χ1n) is 8.04. The van der Waals surface area contributed by atoms with Gasteiger partial charge in [-0.15, -0.1) is 0 Å². The molecule has 0 aliphatic carbocycles. The van der Waals surface area contributed by atoms with Crippen molar-refractivity contribution in [3.63, 3.8) is 0 Å². The van der Waals surface area contributed by atoms with Gasteiger partial charge in [-0.05, 0) is 41.5 Å². The number of rotatable bonds is 6. The van der Waals surface area contributed by atoms with Gasteiger partial charge in [0.2, 0.25) is 0 Å². The predicted octanol–water partition coefficient (Wildman–Crippen LogP) is 3.48. The number of thiocarbonyl (C=S) groups is 3. The second-order valence-electron chi connectivity index (χ2n) is 4.31. The van der Waals surface area contributed by atoms with E-state index in [4.69, 9.17) is 74.5 Å². The Morgan fingerprint density at radius 3 is 0.640 bits per heavy atom. The largest absolute Gasteiger partial charge is 3.00 e. The van der Waals surface area contributed by atoms with Gasteiger partial charge in [0, 0.05) is 39.3 Å². The normalized spacial score (nSPS) is 8.40. The molecule has 0 amide bonds. The van der Waals surface area contributed by atoms with Gasteiger partial charge in [-0.25, -0.2) is 0 Å². The summed E-state index contributed by atoms with van der Waals surface area (Å²) in [6.45, 7) is 17.8. The number of nitrogens with zero attached hydrogens (tertiary/aromatic N) is 3. The fraction of sp³-hybridized carbons (Fsp3) is 0.800. The molecule has 0 saturated heterocycles. The molecule has 0 spiro atoms. The number of hydrogen-bond donors (Lipinski definition) is 0. The first-order valence-corrected chi connectivity index (χ1v) is 10.5. The van der Waals surface area contributed by atoms with Crippen molar-refractivity contribution in [2.75, 3.05) is 39.3 Å². The van der Waals surface area contributed by atoms with Gasteiger partial charge in [-0.2, -0.15) is 0 Å². The Hall–Kier alpha value is 1.69. The minimum Gasteiger partial charge on any atom is -0.411 e.